The van der Waals surface area contributed by atoms with Gasteiger partial charge in [-0.3, -0.25) is 9.69 Å². The molecule has 2 rings (SSSR count). The molecule has 1 aromatic carbocycles. The maximum atomic E-state index is 12.1. The van der Waals surface area contributed by atoms with Crippen LogP contribution in [0.1, 0.15) is 30.5 Å². The van der Waals surface area contributed by atoms with E-state index >= 15 is 0 Å². The van der Waals surface area contributed by atoms with E-state index < -0.39 is 0 Å². The standard InChI is InChI=1S/C18H25N3OS/c1-6-21(7-2)10-17(22)20-18-19-16(11-23-18)15-9-13(4)12(3)8-14(15)5/h8-9,11H,6-7,10H2,1-5H3,(H,19,20,22). The van der Waals surface area contributed by atoms with Crippen LogP contribution >= 0.6 is 11.3 Å². The van der Waals surface area contributed by atoms with Gasteiger partial charge in [0.1, 0.15) is 0 Å². The Morgan fingerprint density at radius 3 is 2.43 bits per heavy atom. The van der Waals surface area contributed by atoms with Crippen molar-refractivity contribution in [2.75, 3.05) is 25.0 Å². The van der Waals surface area contributed by atoms with Crippen LogP contribution in [0.5, 0.6) is 0 Å². The molecule has 23 heavy (non-hydrogen) atoms. The molecule has 0 atom stereocenters. The van der Waals surface area contributed by atoms with Gasteiger partial charge in [0.2, 0.25) is 5.91 Å². The van der Waals surface area contributed by atoms with E-state index in [-0.39, 0.29) is 5.91 Å². The molecule has 0 radical (unpaired) electrons. The lowest BCUT2D eigenvalue weighted by Gasteiger charge is -2.16. The van der Waals surface area contributed by atoms with E-state index in [9.17, 15) is 4.79 Å². The smallest absolute Gasteiger partial charge is 0.240 e. The third kappa shape index (κ3) is 4.39. The normalized spacial score (nSPS) is 11.0. The number of benzene rings is 1. The average molecular weight is 331 g/mol. The molecule has 0 aliphatic carbocycles. The molecular formula is C18H25N3OS. The zero-order chi connectivity index (χ0) is 17.0. The number of amides is 1. The van der Waals surface area contributed by atoms with Crippen molar-refractivity contribution in [3.05, 3.63) is 34.2 Å². The summed E-state index contributed by atoms with van der Waals surface area (Å²) in [5.74, 6) is -0.00795. The number of carbonyl (C=O) groups excluding carboxylic acids is 1. The molecule has 1 N–H and O–H groups in total. The second-order valence-corrected chi connectivity index (χ2v) is 6.66. The number of likely N-dealkylation sites (N-methyl/N-ethyl adjacent to an activating group) is 1. The molecule has 0 unspecified atom stereocenters. The molecule has 2 aromatic rings. The first-order valence-electron chi connectivity index (χ1n) is 8.00. The number of rotatable bonds is 6. The summed E-state index contributed by atoms with van der Waals surface area (Å²) in [5, 5.41) is 5.57. The minimum Gasteiger partial charge on any atom is -0.301 e. The van der Waals surface area contributed by atoms with Gasteiger partial charge in [0.25, 0.3) is 0 Å². The second kappa shape index (κ2) is 7.70. The van der Waals surface area contributed by atoms with Gasteiger partial charge in [-0.1, -0.05) is 19.9 Å². The number of carbonyl (C=O) groups is 1. The summed E-state index contributed by atoms with van der Waals surface area (Å²) in [6.45, 7) is 12.6. The van der Waals surface area contributed by atoms with Crippen molar-refractivity contribution in [2.45, 2.75) is 34.6 Å². The fourth-order valence-corrected chi connectivity index (χ4v) is 3.23. The first kappa shape index (κ1) is 17.6. The molecule has 5 heteroatoms. The van der Waals surface area contributed by atoms with Crippen LogP contribution < -0.4 is 5.32 Å². The highest BCUT2D eigenvalue weighted by Crippen LogP contribution is 2.29. The van der Waals surface area contributed by atoms with Crippen molar-refractivity contribution in [3.63, 3.8) is 0 Å². The van der Waals surface area contributed by atoms with E-state index in [1.165, 1.54) is 28.0 Å². The first-order chi connectivity index (χ1) is 10.9. The molecule has 0 aliphatic heterocycles. The molecule has 1 amide bonds. The summed E-state index contributed by atoms with van der Waals surface area (Å²) >= 11 is 1.47. The Balaban J connectivity index is 2.12. The first-order valence-corrected chi connectivity index (χ1v) is 8.88. The summed E-state index contributed by atoms with van der Waals surface area (Å²) in [4.78, 5) is 18.7. The Bertz CT molecular complexity index is 690. The Morgan fingerprint density at radius 1 is 1.13 bits per heavy atom. The lowest BCUT2D eigenvalue weighted by Crippen LogP contribution is -2.32. The van der Waals surface area contributed by atoms with Crippen molar-refractivity contribution in [1.29, 1.82) is 0 Å². The number of nitrogens with one attached hydrogen (secondary N) is 1. The van der Waals surface area contributed by atoms with Gasteiger partial charge in [-0.25, -0.2) is 4.98 Å². The Hall–Kier alpha value is -1.72. The SMILES string of the molecule is CCN(CC)CC(=O)Nc1nc(-c2cc(C)c(C)cc2C)cs1. The topological polar surface area (TPSA) is 45.2 Å². The second-order valence-electron chi connectivity index (χ2n) is 5.80. The number of hydrogen-bond donors (Lipinski definition) is 1. The fraction of sp³-hybridized carbons (Fsp3) is 0.444. The van der Waals surface area contributed by atoms with Crippen LogP contribution in [0.4, 0.5) is 5.13 Å². The summed E-state index contributed by atoms with van der Waals surface area (Å²) < 4.78 is 0. The summed E-state index contributed by atoms with van der Waals surface area (Å²) in [5.41, 5.74) is 5.81. The molecule has 0 fully saturated rings. The summed E-state index contributed by atoms with van der Waals surface area (Å²) in [6, 6.07) is 4.35. The minimum atomic E-state index is -0.00795. The van der Waals surface area contributed by atoms with Crippen molar-refractivity contribution in [3.8, 4) is 11.3 Å². The third-order valence-corrected chi connectivity index (χ3v) is 4.89. The van der Waals surface area contributed by atoms with E-state index in [0.717, 1.165) is 24.3 Å². The van der Waals surface area contributed by atoms with Crippen LogP contribution in [0, 0.1) is 20.8 Å². The number of nitrogens with zero attached hydrogens (tertiary/aromatic N) is 2. The highest BCUT2D eigenvalue weighted by Gasteiger charge is 2.12. The highest BCUT2D eigenvalue weighted by molar-refractivity contribution is 7.14. The lowest BCUT2D eigenvalue weighted by molar-refractivity contribution is -0.117. The molecule has 1 heterocycles. The summed E-state index contributed by atoms with van der Waals surface area (Å²) in [6.07, 6.45) is 0. The molecular weight excluding hydrogens is 306 g/mol. The van der Waals surface area contributed by atoms with Gasteiger partial charge >= 0.3 is 0 Å². The number of aryl methyl sites for hydroxylation is 3. The zero-order valence-corrected chi connectivity index (χ0v) is 15.4. The molecule has 0 saturated heterocycles. The molecule has 0 saturated carbocycles. The van der Waals surface area contributed by atoms with Gasteiger partial charge in [-0.05, 0) is 56.6 Å². The molecule has 0 aliphatic rings. The van der Waals surface area contributed by atoms with E-state index in [1.807, 2.05) is 5.38 Å². The molecule has 0 spiro atoms. The van der Waals surface area contributed by atoms with Gasteiger partial charge < -0.3 is 5.32 Å². The van der Waals surface area contributed by atoms with E-state index in [0.29, 0.717) is 11.7 Å². The summed E-state index contributed by atoms with van der Waals surface area (Å²) in [7, 11) is 0. The number of aromatic nitrogens is 1. The van der Waals surface area contributed by atoms with Crippen LogP contribution in [0.15, 0.2) is 17.5 Å². The van der Waals surface area contributed by atoms with Gasteiger partial charge in [0.15, 0.2) is 5.13 Å². The molecule has 0 bridgehead atoms. The predicted molar refractivity (Wildman–Crippen MR) is 98.2 cm³/mol. The Kier molecular flexibility index (Phi) is 5.91. The maximum absolute atomic E-state index is 12.1. The van der Waals surface area contributed by atoms with Crippen molar-refractivity contribution in [1.82, 2.24) is 9.88 Å². The van der Waals surface area contributed by atoms with E-state index in [2.05, 4.69) is 62.0 Å². The molecule has 124 valence electrons. The van der Waals surface area contributed by atoms with Gasteiger partial charge in [-0.15, -0.1) is 11.3 Å². The highest BCUT2D eigenvalue weighted by atomic mass is 32.1. The van der Waals surface area contributed by atoms with Gasteiger partial charge in [-0.2, -0.15) is 0 Å². The van der Waals surface area contributed by atoms with Gasteiger partial charge in [0, 0.05) is 10.9 Å². The van der Waals surface area contributed by atoms with E-state index in [4.69, 9.17) is 0 Å². The van der Waals surface area contributed by atoms with Gasteiger partial charge in [0.05, 0.1) is 12.2 Å². The molecule has 1 aromatic heterocycles. The zero-order valence-electron chi connectivity index (χ0n) is 14.6. The van der Waals surface area contributed by atoms with Crippen molar-refractivity contribution in [2.24, 2.45) is 0 Å². The number of anilines is 1. The average Bonchev–Trinajstić information content (AvgIpc) is 2.96. The Morgan fingerprint density at radius 2 is 1.78 bits per heavy atom. The quantitative estimate of drug-likeness (QED) is 0.869. The van der Waals surface area contributed by atoms with E-state index in [1.54, 1.807) is 0 Å². The third-order valence-electron chi connectivity index (χ3n) is 4.13. The monoisotopic (exact) mass is 331 g/mol. The van der Waals surface area contributed by atoms with Crippen LogP contribution in [0.25, 0.3) is 11.3 Å². The molecule has 4 nitrogen and oxygen atoms in total. The number of thiazole rings is 1. The maximum Gasteiger partial charge on any atom is 0.240 e. The van der Waals surface area contributed by atoms with Crippen LogP contribution in [0.3, 0.4) is 0 Å². The van der Waals surface area contributed by atoms with Crippen LogP contribution in [0.2, 0.25) is 0 Å². The minimum absolute atomic E-state index is 0.00795. The van der Waals surface area contributed by atoms with Crippen LogP contribution in [-0.2, 0) is 4.79 Å². The van der Waals surface area contributed by atoms with Crippen molar-refractivity contribution < 1.29 is 4.79 Å². The Labute approximate surface area is 142 Å². The fourth-order valence-electron chi connectivity index (χ4n) is 2.50. The van der Waals surface area contributed by atoms with Crippen LogP contribution in [-0.4, -0.2) is 35.4 Å². The number of hydrogen-bond acceptors (Lipinski definition) is 4. The van der Waals surface area contributed by atoms with Crippen molar-refractivity contribution >= 4 is 22.4 Å². The predicted octanol–water partition coefficient (Wildman–Crippen LogP) is 4.02. The largest absolute Gasteiger partial charge is 0.301 e. The lowest BCUT2D eigenvalue weighted by atomic mass is 9.99.